The van der Waals surface area contributed by atoms with Crippen molar-refractivity contribution in [2.75, 3.05) is 33.3 Å². The normalized spacial score (nSPS) is 31.2. The highest BCUT2D eigenvalue weighted by molar-refractivity contribution is 4.78. The third-order valence-electron chi connectivity index (χ3n) is 4.52. The van der Waals surface area contributed by atoms with Gasteiger partial charge in [-0.15, -0.1) is 0 Å². The third-order valence-corrected chi connectivity index (χ3v) is 4.52. The summed E-state index contributed by atoms with van der Waals surface area (Å²) in [4.78, 5) is 2.64. The van der Waals surface area contributed by atoms with Crippen molar-refractivity contribution >= 4 is 0 Å². The van der Waals surface area contributed by atoms with Crippen LogP contribution in [0.1, 0.15) is 51.4 Å². The number of nitrogens with zero attached hydrogens (tertiary/aromatic N) is 1. The first kappa shape index (κ1) is 14.3. The SMILES string of the molecule is COC1CCCC(NCCN2CCCCCC2)C1. The van der Waals surface area contributed by atoms with Gasteiger partial charge in [0.15, 0.2) is 0 Å². The van der Waals surface area contributed by atoms with Gasteiger partial charge >= 0.3 is 0 Å². The predicted octanol–water partition coefficient (Wildman–Crippen LogP) is 2.41. The van der Waals surface area contributed by atoms with Crippen molar-refractivity contribution in [3.8, 4) is 0 Å². The molecule has 3 nitrogen and oxygen atoms in total. The van der Waals surface area contributed by atoms with Gasteiger partial charge in [-0.05, 0) is 51.6 Å². The third kappa shape index (κ3) is 4.87. The largest absolute Gasteiger partial charge is 0.381 e. The fourth-order valence-corrected chi connectivity index (χ4v) is 3.33. The molecule has 0 bridgehead atoms. The Labute approximate surface area is 112 Å². The molecule has 106 valence electrons. The number of nitrogens with one attached hydrogen (secondary N) is 1. The maximum Gasteiger partial charge on any atom is 0.0586 e. The zero-order valence-electron chi connectivity index (χ0n) is 12.0. The van der Waals surface area contributed by atoms with Gasteiger partial charge in [0.25, 0.3) is 0 Å². The number of likely N-dealkylation sites (tertiary alicyclic amines) is 1. The van der Waals surface area contributed by atoms with Crippen LogP contribution in [0.3, 0.4) is 0 Å². The second kappa shape index (κ2) is 8.13. The Morgan fingerprint density at radius 2 is 1.83 bits per heavy atom. The monoisotopic (exact) mass is 254 g/mol. The van der Waals surface area contributed by atoms with Gasteiger partial charge in [0.1, 0.15) is 0 Å². The lowest BCUT2D eigenvalue weighted by atomic mass is 9.93. The molecule has 0 aromatic heterocycles. The molecule has 2 rings (SSSR count). The van der Waals surface area contributed by atoms with Crippen LogP contribution in [0.5, 0.6) is 0 Å². The Kier molecular flexibility index (Phi) is 6.46. The summed E-state index contributed by atoms with van der Waals surface area (Å²) in [5.74, 6) is 0. The molecule has 0 spiro atoms. The van der Waals surface area contributed by atoms with Crippen LogP contribution < -0.4 is 5.32 Å². The molecule has 1 saturated heterocycles. The summed E-state index contributed by atoms with van der Waals surface area (Å²) in [7, 11) is 1.85. The molecule has 1 saturated carbocycles. The minimum absolute atomic E-state index is 0.495. The summed E-state index contributed by atoms with van der Waals surface area (Å²) >= 11 is 0. The summed E-state index contributed by atoms with van der Waals surface area (Å²) in [5.41, 5.74) is 0. The van der Waals surface area contributed by atoms with Crippen molar-refractivity contribution in [3.63, 3.8) is 0 Å². The van der Waals surface area contributed by atoms with E-state index < -0.39 is 0 Å². The van der Waals surface area contributed by atoms with E-state index in [1.165, 1.54) is 71.0 Å². The predicted molar refractivity (Wildman–Crippen MR) is 76.0 cm³/mol. The maximum absolute atomic E-state index is 5.48. The molecule has 2 unspecified atom stereocenters. The van der Waals surface area contributed by atoms with Gasteiger partial charge in [0.05, 0.1) is 6.10 Å². The molecule has 1 aliphatic carbocycles. The highest BCUT2D eigenvalue weighted by Crippen LogP contribution is 2.20. The summed E-state index contributed by atoms with van der Waals surface area (Å²) in [6, 6.07) is 0.690. The molecule has 2 fully saturated rings. The first-order chi connectivity index (χ1) is 8.88. The van der Waals surface area contributed by atoms with Crippen LogP contribution in [0.2, 0.25) is 0 Å². The molecule has 2 atom stereocenters. The van der Waals surface area contributed by atoms with Gasteiger partial charge in [-0.1, -0.05) is 12.8 Å². The Bertz CT molecular complexity index is 215. The van der Waals surface area contributed by atoms with E-state index >= 15 is 0 Å². The van der Waals surface area contributed by atoms with Gasteiger partial charge < -0.3 is 15.0 Å². The maximum atomic E-state index is 5.48. The molecule has 1 heterocycles. The number of hydrogen-bond acceptors (Lipinski definition) is 3. The summed E-state index contributed by atoms with van der Waals surface area (Å²) < 4.78 is 5.48. The minimum atomic E-state index is 0.495. The van der Waals surface area contributed by atoms with Crippen molar-refractivity contribution < 1.29 is 4.74 Å². The van der Waals surface area contributed by atoms with Crippen molar-refractivity contribution in [1.82, 2.24) is 10.2 Å². The number of methoxy groups -OCH3 is 1. The van der Waals surface area contributed by atoms with Gasteiger partial charge in [0, 0.05) is 26.2 Å². The van der Waals surface area contributed by atoms with Crippen LogP contribution in [0.4, 0.5) is 0 Å². The molecule has 0 radical (unpaired) electrons. The Hall–Kier alpha value is -0.120. The summed E-state index contributed by atoms with van der Waals surface area (Å²) in [6.45, 7) is 5.01. The van der Waals surface area contributed by atoms with Gasteiger partial charge in [-0.25, -0.2) is 0 Å². The second-order valence-electron chi connectivity index (χ2n) is 5.93. The molecule has 18 heavy (non-hydrogen) atoms. The van der Waals surface area contributed by atoms with Gasteiger partial charge in [-0.2, -0.15) is 0 Å². The van der Waals surface area contributed by atoms with E-state index in [1.54, 1.807) is 0 Å². The fourth-order valence-electron chi connectivity index (χ4n) is 3.33. The van der Waals surface area contributed by atoms with Crippen LogP contribution >= 0.6 is 0 Å². The van der Waals surface area contributed by atoms with Crippen molar-refractivity contribution in [2.45, 2.75) is 63.5 Å². The van der Waals surface area contributed by atoms with E-state index in [-0.39, 0.29) is 0 Å². The van der Waals surface area contributed by atoms with E-state index in [0.29, 0.717) is 12.1 Å². The molecule has 2 aliphatic rings. The van der Waals surface area contributed by atoms with Crippen molar-refractivity contribution in [2.24, 2.45) is 0 Å². The lowest BCUT2D eigenvalue weighted by Gasteiger charge is -2.30. The second-order valence-corrected chi connectivity index (χ2v) is 5.93. The standard InChI is InChI=1S/C15H30N2O/c1-18-15-8-6-7-14(13-15)16-9-12-17-10-4-2-3-5-11-17/h14-16H,2-13H2,1H3. The topological polar surface area (TPSA) is 24.5 Å². The first-order valence-corrected chi connectivity index (χ1v) is 7.87. The summed E-state index contributed by atoms with van der Waals surface area (Å²) in [5, 5.41) is 3.73. The molecule has 0 aromatic rings. The molecule has 3 heteroatoms. The lowest BCUT2D eigenvalue weighted by Crippen LogP contribution is -2.41. The average Bonchev–Trinajstić information content (AvgIpc) is 2.68. The molecule has 0 aromatic carbocycles. The lowest BCUT2D eigenvalue weighted by molar-refractivity contribution is 0.0585. The zero-order valence-corrected chi connectivity index (χ0v) is 12.0. The summed E-state index contributed by atoms with van der Waals surface area (Å²) in [6.07, 6.45) is 11.3. The van der Waals surface area contributed by atoms with Crippen LogP contribution in [0.15, 0.2) is 0 Å². The smallest absolute Gasteiger partial charge is 0.0586 e. The van der Waals surface area contributed by atoms with E-state index in [4.69, 9.17) is 4.74 Å². The Morgan fingerprint density at radius 3 is 2.56 bits per heavy atom. The fraction of sp³-hybridized carbons (Fsp3) is 1.00. The van der Waals surface area contributed by atoms with Crippen LogP contribution in [-0.2, 0) is 4.74 Å². The molecular formula is C15H30N2O. The minimum Gasteiger partial charge on any atom is -0.381 e. The number of hydrogen-bond donors (Lipinski definition) is 1. The van der Waals surface area contributed by atoms with Crippen LogP contribution in [0, 0.1) is 0 Å². The van der Waals surface area contributed by atoms with E-state index in [1.807, 2.05) is 7.11 Å². The molecule has 1 aliphatic heterocycles. The van der Waals surface area contributed by atoms with Gasteiger partial charge in [-0.3, -0.25) is 0 Å². The molecule has 0 amide bonds. The van der Waals surface area contributed by atoms with E-state index in [9.17, 15) is 0 Å². The Morgan fingerprint density at radius 1 is 1.06 bits per heavy atom. The van der Waals surface area contributed by atoms with Crippen molar-refractivity contribution in [1.29, 1.82) is 0 Å². The first-order valence-electron chi connectivity index (χ1n) is 7.87. The zero-order chi connectivity index (χ0) is 12.6. The van der Waals surface area contributed by atoms with E-state index in [0.717, 1.165) is 6.54 Å². The molecule has 1 N–H and O–H groups in total. The average molecular weight is 254 g/mol. The van der Waals surface area contributed by atoms with Crippen LogP contribution in [-0.4, -0.2) is 50.3 Å². The molecular weight excluding hydrogens is 224 g/mol. The number of ether oxygens (including phenoxy) is 1. The van der Waals surface area contributed by atoms with Crippen LogP contribution in [0.25, 0.3) is 0 Å². The Balaban J connectivity index is 1.59. The quantitative estimate of drug-likeness (QED) is 0.815. The van der Waals surface area contributed by atoms with E-state index in [2.05, 4.69) is 10.2 Å². The number of rotatable bonds is 5. The van der Waals surface area contributed by atoms with Crippen molar-refractivity contribution in [3.05, 3.63) is 0 Å². The van der Waals surface area contributed by atoms with Gasteiger partial charge in [0.2, 0.25) is 0 Å². The highest BCUT2D eigenvalue weighted by atomic mass is 16.5. The highest BCUT2D eigenvalue weighted by Gasteiger charge is 2.21.